The van der Waals surface area contributed by atoms with E-state index in [1.54, 1.807) is 42.6 Å². The molecule has 4 aromatic rings. The van der Waals surface area contributed by atoms with Crippen LogP contribution in [0, 0.1) is 0 Å². The SMILES string of the molecule is NC(N)=Nc1ccc(C(=O)Oc2ccc(CC(=O)N[C@@H](Cc3c[nH]c4ccccc34)C(=O)O)cc2)cc1. The van der Waals surface area contributed by atoms with E-state index in [1.807, 2.05) is 24.3 Å². The molecule has 0 aliphatic carbocycles. The maximum atomic E-state index is 12.6. The second-order valence-electron chi connectivity index (χ2n) is 8.32. The van der Waals surface area contributed by atoms with Crippen molar-refractivity contribution in [1.29, 1.82) is 0 Å². The quantitative estimate of drug-likeness (QED) is 0.102. The number of nitrogens with zero attached hydrogens (tertiary/aromatic N) is 1. The monoisotopic (exact) mass is 499 g/mol. The third kappa shape index (κ3) is 6.51. The van der Waals surface area contributed by atoms with E-state index < -0.39 is 23.9 Å². The zero-order valence-corrected chi connectivity index (χ0v) is 19.7. The zero-order chi connectivity index (χ0) is 26.4. The van der Waals surface area contributed by atoms with Gasteiger partial charge in [0.05, 0.1) is 17.7 Å². The first kappa shape index (κ1) is 25.0. The normalized spacial score (nSPS) is 11.5. The Bertz CT molecular complexity index is 1450. The van der Waals surface area contributed by atoms with Crippen LogP contribution in [0.2, 0.25) is 0 Å². The Kier molecular flexibility index (Phi) is 7.48. The highest BCUT2D eigenvalue weighted by Crippen LogP contribution is 2.20. The molecular weight excluding hydrogens is 474 g/mol. The largest absolute Gasteiger partial charge is 0.480 e. The summed E-state index contributed by atoms with van der Waals surface area (Å²) in [6, 6.07) is 19.1. The molecule has 0 bridgehead atoms. The number of rotatable bonds is 9. The lowest BCUT2D eigenvalue weighted by Gasteiger charge is -2.14. The smallest absolute Gasteiger partial charge is 0.343 e. The lowest BCUT2D eigenvalue weighted by atomic mass is 10.0. The maximum absolute atomic E-state index is 12.6. The molecular formula is C27H25N5O5. The first-order chi connectivity index (χ1) is 17.8. The predicted molar refractivity (Wildman–Crippen MR) is 139 cm³/mol. The highest BCUT2D eigenvalue weighted by molar-refractivity contribution is 5.91. The fourth-order valence-corrected chi connectivity index (χ4v) is 3.81. The van der Waals surface area contributed by atoms with E-state index in [-0.39, 0.29) is 18.8 Å². The number of guanidine groups is 1. The number of para-hydroxylation sites is 1. The summed E-state index contributed by atoms with van der Waals surface area (Å²) in [6.45, 7) is 0. The van der Waals surface area contributed by atoms with Crippen LogP contribution in [0.5, 0.6) is 5.75 Å². The first-order valence-corrected chi connectivity index (χ1v) is 11.4. The number of amides is 1. The molecule has 0 spiro atoms. The molecule has 1 amide bonds. The van der Waals surface area contributed by atoms with E-state index in [0.29, 0.717) is 22.6 Å². The average molecular weight is 500 g/mol. The number of carboxylic acid groups (broad SMARTS) is 1. The molecule has 1 atom stereocenters. The van der Waals surface area contributed by atoms with Crippen LogP contribution < -0.4 is 21.5 Å². The molecule has 3 aromatic carbocycles. The highest BCUT2D eigenvalue weighted by Gasteiger charge is 2.22. The zero-order valence-electron chi connectivity index (χ0n) is 19.7. The Hall–Kier alpha value is -5.12. The van der Waals surface area contributed by atoms with Crippen molar-refractivity contribution in [2.24, 2.45) is 16.5 Å². The number of ether oxygens (including phenoxy) is 1. The minimum atomic E-state index is -1.12. The van der Waals surface area contributed by atoms with Crippen LogP contribution in [0.15, 0.2) is 84.0 Å². The van der Waals surface area contributed by atoms with E-state index in [2.05, 4.69) is 15.3 Å². The van der Waals surface area contributed by atoms with Gasteiger partial charge in [0.15, 0.2) is 5.96 Å². The number of nitrogens with two attached hydrogens (primary N) is 2. The van der Waals surface area contributed by atoms with Crippen molar-refractivity contribution in [2.45, 2.75) is 18.9 Å². The molecule has 10 heteroatoms. The van der Waals surface area contributed by atoms with Crippen molar-refractivity contribution in [3.63, 3.8) is 0 Å². The van der Waals surface area contributed by atoms with Gasteiger partial charge in [-0.2, -0.15) is 0 Å². The van der Waals surface area contributed by atoms with Crippen LogP contribution in [-0.4, -0.2) is 39.9 Å². The highest BCUT2D eigenvalue weighted by atomic mass is 16.5. The van der Waals surface area contributed by atoms with Gasteiger partial charge in [0.25, 0.3) is 0 Å². The van der Waals surface area contributed by atoms with Gasteiger partial charge in [0, 0.05) is 23.5 Å². The number of hydrogen-bond donors (Lipinski definition) is 5. The number of aromatic nitrogens is 1. The number of aliphatic carboxylic acids is 1. The standard InChI is InChI=1S/C27H25N5O5/c28-27(29)31-19-9-7-17(8-10-19)26(36)37-20-11-5-16(6-12-20)13-24(33)32-23(25(34)35)14-18-15-30-22-4-2-1-3-21(18)22/h1-12,15,23,30H,13-14H2,(H,32,33)(H,34,35)(H4,28,29,31)/t23-/m0/s1. The number of carbonyl (C=O) groups is 3. The van der Waals surface area contributed by atoms with Crippen LogP contribution in [0.1, 0.15) is 21.5 Å². The Balaban J connectivity index is 1.33. The minimum absolute atomic E-state index is 0.0296. The van der Waals surface area contributed by atoms with Crippen molar-refractivity contribution in [3.05, 3.63) is 95.7 Å². The van der Waals surface area contributed by atoms with E-state index >= 15 is 0 Å². The fraction of sp³-hybridized carbons (Fsp3) is 0.111. The summed E-state index contributed by atoms with van der Waals surface area (Å²) >= 11 is 0. The number of H-pyrrole nitrogens is 1. The van der Waals surface area contributed by atoms with Gasteiger partial charge >= 0.3 is 11.9 Å². The third-order valence-electron chi connectivity index (χ3n) is 5.59. The molecule has 37 heavy (non-hydrogen) atoms. The minimum Gasteiger partial charge on any atom is -0.480 e. The number of hydrogen-bond acceptors (Lipinski definition) is 5. The first-order valence-electron chi connectivity index (χ1n) is 11.4. The molecule has 188 valence electrons. The molecule has 0 saturated carbocycles. The van der Waals surface area contributed by atoms with Gasteiger partial charge in [-0.15, -0.1) is 0 Å². The molecule has 1 heterocycles. The van der Waals surface area contributed by atoms with Gasteiger partial charge in [0.1, 0.15) is 11.8 Å². The molecule has 4 rings (SSSR count). The Morgan fingerprint density at radius 1 is 0.973 bits per heavy atom. The maximum Gasteiger partial charge on any atom is 0.343 e. The summed E-state index contributed by atoms with van der Waals surface area (Å²) in [4.78, 5) is 43.7. The van der Waals surface area contributed by atoms with E-state index in [0.717, 1.165) is 16.5 Å². The number of fused-ring (bicyclic) bond motifs is 1. The molecule has 1 aromatic heterocycles. The summed E-state index contributed by atoms with van der Waals surface area (Å²) in [6.07, 6.45) is 1.87. The Morgan fingerprint density at radius 3 is 2.35 bits per heavy atom. The lowest BCUT2D eigenvalue weighted by Crippen LogP contribution is -2.43. The number of aliphatic imine (C=N–C) groups is 1. The molecule has 0 saturated heterocycles. The van der Waals surface area contributed by atoms with Crippen molar-refractivity contribution < 1.29 is 24.2 Å². The van der Waals surface area contributed by atoms with Crippen molar-refractivity contribution in [2.75, 3.05) is 0 Å². The number of esters is 1. The van der Waals surface area contributed by atoms with E-state index in [4.69, 9.17) is 16.2 Å². The Labute approximate surface area is 212 Å². The molecule has 0 fully saturated rings. The number of benzene rings is 3. The summed E-state index contributed by atoms with van der Waals surface area (Å²) < 4.78 is 5.37. The van der Waals surface area contributed by atoms with Crippen LogP contribution >= 0.6 is 0 Å². The average Bonchev–Trinajstić information content (AvgIpc) is 3.27. The lowest BCUT2D eigenvalue weighted by molar-refractivity contribution is -0.141. The van der Waals surface area contributed by atoms with E-state index in [9.17, 15) is 19.5 Å². The fourth-order valence-electron chi connectivity index (χ4n) is 3.81. The van der Waals surface area contributed by atoms with Gasteiger partial charge in [-0.3, -0.25) is 4.79 Å². The van der Waals surface area contributed by atoms with Crippen molar-refractivity contribution >= 4 is 40.4 Å². The summed E-state index contributed by atoms with van der Waals surface area (Å²) in [7, 11) is 0. The number of aromatic amines is 1. The summed E-state index contributed by atoms with van der Waals surface area (Å²) in [5, 5.41) is 13.1. The van der Waals surface area contributed by atoms with Crippen molar-refractivity contribution in [1.82, 2.24) is 10.3 Å². The van der Waals surface area contributed by atoms with E-state index in [1.165, 1.54) is 12.1 Å². The second-order valence-corrected chi connectivity index (χ2v) is 8.32. The van der Waals surface area contributed by atoms with Gasteiger partial charge in [-0.05, 0) is 53.6 Å². The molecule has 7 N–H and O–H groups in total. The molecule has 0 aliphatic rings. The number of carboxylic acids is 1. The van der Waals surface area contributed by atoms with Gasteiger partial charge in [0.2, 0.25) is 5.91 Å². The van der Waals surface area contributed by atoms with Gasteiger partial charge in [-0.25, -0.2) is 14.6 Å². The number of nitrogens with one attached hydrogen (secondary N) is 2. The summed E-state index contributed by atoms with van der Waals surface area (Å²) in [5.74, 6) is -1.91. The van der Waals surface area contributed by atoms with Crippen molar-refractivity contribution in [3.8, 4) is 5.75 Å². The third-order valence-corrected chi connectivity index (χ3v) is 5.59. The topological polar surface area (TPSA) is 173 Å². The van der Waals surface area contributed by atoms with Crippen LogP contribution in [0.3, 0.4) is 0 Å². The van der Waals surface area contributed by atoms with Crippen LogP contribution in [0.25, 0.3) is 10.9 Å². The predicted octanol–water partition coefficient (Wildman–Crippen LogP) is 2.65. The van der Waals surface area contributed by atoms with Crippen LogP contribution in [0.4, 0.5) is 5.69 Å². The molecule has 0 radical (unpaired) electrons. The number of carbonyl (C=O) groups excluding carboxylic acids is 2. The molecule has 10 nitrogen and oxygen atoms in total. The molecule has 0 unspecified atom stereocenters. The van der Waals surface area contributed by atoms with Gasteiger partial charge < -0.3 is 31.6 Å². The Morgan fingerprint density at radius 2 is 1.68 bits per heavy atom. The second kappa shape index (κ2) is 11.1. The van der Waals surface area contributed by atoms with Crippen LogP contribution in [-0.2, 0) is 22.4 Å². The molecule has 0 aliphatic heterocycles. The summed E-state index contributed by atoms with van der Waals surface area (Å²) in [5.41, 5.74) is 13.8. The van der Waals surface area contributed by atoms with Gasteiger partial charge in [-0.1, -0.05) is 30.3 Å².